The van der Waals surface area contributed by atoms with Crippen molar-refractivity contribution in [3.8, 4) is 22.6 Å². The van der Waals surface area contributed by atoms with E-state index in [1.165, 1.54) is 6.08 Å². The predicted molar refractivity (Wildman–Crippen MR) is 144 cm³/mol. The molecule has 2 heterocycles. The second kappa shape index (κ2) is 9.33. The average Bonchev–Trinajstić information content (AvgIpc) is 3.26. The zero-order valence-corrected chi connectivity index (χ0v) is 21.3. The van der Waals surface area contributed by atoms with Crippen molar-refractivity contribution in [3.63, 3.8) is 0 Å². The summed E-state index contributed by atoms with van der Waals surface area (Å²) in [4.78, 5) is 4.50. The zero-order valence-electron chi connectivity index (χ0n) is 19.7. The Kier molecular flexibility index (Phi) is 6.20. The van der Waals surface area contributed by atoms with Crippen LogP contribution in [-0.2, 0) is 9.84 Å². The number of fused-ring (bicyclic) bond motifs is 2. The van der Waals surface area contributed by atoms with Gasteiger partial charge in [0.25, 0.3) is 0 Å². The summed E-state index contributed by atoms with van der Waals surface area (Å²) in [6, 6.07) is 19.7. The number of pyridine rings is 1. The zero-order chi connectivity index (χ0) is 25.4. The van der Waals surface area contributed by atoms with Crippen LogP contribution >= 0.6 is 11.6 Å². The number of benzene rings is 3. The molecule has 0 amide bonds. The first-order valence-corrected chi connectivity index (χ1v) is 13.0. The molecule has 0 saturated heterocycles. The number of hydrogen-bond donors (Lipinski definition) is 0. The van der Waals surface area contributed by atoms with Gasteiger partial charge in [0.15, 0.2) is 16.9 Å². The van der Waals surface area contributed by atoms with Crippen LogP contribution in [0.4, 0.5) is 0 Å². The number of aromatic nitrogens is 2. The molecule has 0 radical (unpaired) electrons. The van der Waals surface area contributed by atoms with Crippen LogP contribution < -0.4 is 9.47 Å². The summed E-state index contributed by atoms with van der Waals surface area (Å²) in [6.07, 6.45) is 4.83. The predicted octanol–water partition coefficient (Wildman–Crippen LogP) is 6.69. The van der Waals surface area contributed by atoms with Crippen molar-refractivity contribution in [3.05, 3.63) is 96.8 Å². The van der Waals surface area contributed by atoms with Gasteiger partial charge in [-0.05, 0) is 48.0 Å². The average molecular weight is 519 g/mol. The topological polar surface area (TPSA) is 70.4 Å². The summed E-state index contributed by atoms with van der Waals surface area (Å²) in [7, 11) is -0.776. The molecule has 3 aromatic carbocycles. The van der Waals surface area contributed by atoms with E-state index in [2.05, 4.69) is 11.6 Å². The molecule has 0 saturated carbocycles. The number of ether oxygens (including phenoxy) is 2. The standard InChI is InChI=1S/C28H23ClN2O4S/c1-4-27(36(32,33)26-9-5-7-18-8-6-14-30-28(18)26)31-17-22(21-16-20(29)11-12-23(21)31)19-10-13-24(34-2)25(15-19)35-3/h4-17,27H,1H2,2-3H3. The Bertz CT molecular complexity index is 1720. The van der Waals surface area contributed by atoms with Gasteiger partial charge in [-0.1, -0.05) is 48.5 Å². The molecular formula is C28H23ClN2O4S. The van der Waals surface area contributed by atoms with Gasteiger partial charge in [0, 0.05) is 33.8 Å². The summed E-state index contributed by atoms with van der Waals surface area (Å²) >= 11 is 6.36. The molecule has 0 bridgehead atoms. The van der Waals surface area contributed by atoms with Crippen LogP contribution in [0, 0.1) is 0 Å². The Balaban J connectivity index is 1.74. The molecule has 0 aliphatic heterocycles. The largest absolute Gasteiger partial charge is 0.493 e. The third kappa shape index (κ3) is 3.90. The van der Waals surface area contributed by atoms with E-state index in [9.17, 15) is 8.42 Å². The fourth-order valence-electron chi connectivity index (χ4n) is 4.50. The van der Waals surface area contributed by atoms with E-state index >= 15 is 0 Å². The monoisotopic (exact) mass is 518 g/mol. The molecule has 8 heteroatoms. The van der Waals surface area contributed by atoms with E-state index in [1.54, 1.807) is 49.2 Å². The summed E-state index contributed by atoms with van der Waals surface area (Å²) in [5.74, 6) is 1.16. The molecule has 1 atom stereocenters. The highest BCUT2D eigenvalue weighted by Crippen LogP contribution is 2.40. The van der Waals surface area contributed by atoms with Crippen LogP contribution in [0.5, 0.6) is 11.5 Å². The van der Waals surface area contributed by atoms with Gasteiger partial charge in [-0.3, -0.25) is 4.98 Å². The smallest absolute Gasteiger partial charge is 0.205 e. The number of halogens is 1. The van der Waals surface area contributed by atoms with Gasteiger partial charge in [0.05, 0.1) is 30.1 Å². The van der Waals surface area contributed by atoms with E-state index in [4.69, 9.17) is 21.1 Å². The molecular weight excluding hydrogens is 496 g/mol. The first-order chi connectivity index (χ1) is 17.4. The number of nitrogens with zero attached hydrogens (tertiary/aromatic N) is 2. The van der Waals surface area contributed by atoms with Crippen molar-refractivity contribution in [1.82, 2.24) is 9.55 Å². The second-order valence-electron chi connectivity index (χ2n) is 8.18. The lowest BCUT2D eigenvalue weighted by Crippen LogP contribution is -2.18. The Hall–Kier alpha value is -3.81. The Morgan fingerprint density at radius 3 is 2.53 bits per heavy atom. The minimum atomic E-state index is -3.92. The van der Waals surface area contributed by atoms with E-state index < -0.39 is 15.2 Å². The highest BCUT2D eigenvalue weighted by Gasteiger charge is 2.30. The second-order valence-corrected chi connectivity index (χ2v) is 10.6. The molecule has 1 unspecified atom stereocenters. The van der Waals surface area contributed by atoms with Crippen molar-refractivity contribution in [1.29, 1.82) is 0 Å². The molecule has 36 heavy (non-hydrogen) atoms. The molecule has 182 valence electrons. The Labute approximate surface area is 214 Å². The summed E-state index contributed by atoms with van der Waals surface area (Å²) in [5.41, 5.74) is 2.74. The van der Waals surface area contributed by atoms with Crippen molar-refractivity contribution in [2.45, 2.75) is 10.3 Å². The molecule has 2 aromatic heterocycles. The van der Waals surface area contributed by atoms with Gasteiger partial charge in [-0.25, -0.2) is 8.42 Å². The molecule has 0 spiro atoms. The fraction of sp³-hybridized carbons (Fsp3) is 0.107. The molecule has 5 aromatic rings. The summed E-state index contributed by atoms with van der Waals surface area (Å²) < 4.78 is 40.6. The number of methoxy groups -OCH3 is 2. The summed E-state index contributed by atoms with van der Waals surface area (Å²) in [6.45, 7) is 3.88. The van der Waals surface area contributed by atoms with E-state index in [-0.39, 0.29) is 4.90 Å². The van der Waals surface area contributed by atoms with E-state index in [0.29, 0.717) is 27.6 Å². The number of hydrogen-bond acceptors (Lipinski definition) is 5. The Morgan fingerprint density at radius 2 is 1.78 bits per heavy atom. The van der Waals surface area contributed by atoms with Crippen molar-refractivity contribution in [2.75, 3.05) is 14.2 Å². The molecule has 0 N–H and O–H groups in total. The highest BCUT2D eigenvalue weighted by atomic mass is 35.5. The van der Waals surface area contributed by atoms with Gasteiger partial charge in [-0.2, -0.15) is 0 Å². The van der Waals surface area contributed by atoms with Crippen LogP contribution in [0.2, 0.25) is 5.02 Å². The van der Waals surface area contributed by atoms with Crippen LogP contribution in [0.3, 0.4) is 0 Å². The minimum Gasteiger partial charge on any atom is -0.493 e. The highest BCUT2D eigenvalue weighted by molar-refractivity contribution is 7.91. The fourth-order valence-corrected chi connectivity index (χ4v) is 6.36. The third-order valence-electron chi connectivity index (χ3n) is 6.19. The number of rotatable bonds is 7. The molecule has 0 aliphatic rings. The minimum absolute atomic E-state index is 0.147. The Morgan fingerprint density at radius 1 is 1.00 bits per heavy atom. The normalized spacial score (nSPS) is 12.5. The van der Waals surface area contributed by atoms with Crippen molar-refractivity contribution < 1.29 is 17.9 Å². The van der Waals surface area contributed by atoms with Crippen LogP contribution in [0.1, 0.15) is 5.37 Å². The van der Waals surface area contributed by atoms with E-state index in [0.717, 1.165) is 21.9 Å². The van der Waals surface area contributed by atoms with Gasteiger partial charge in [0.2, 0.25) is 9.84 Å². The maximum Gasteiger partial charge on any atom is 0.205 e. The molecule has 0 aliphatic carbocycles. The molecule has 0 fully saturated rings. The van der Waals surface area contributed by atoms with Gasteiger partial charge < -0.3 is 14.0 Å². The molecule has 6 nitrogen and oxygen atoms in total. The van der Waals surface area contributed by atoms with Gasteiger partial charge in [-0.15, -0.1) is 0 Å². The maximum absolute atomic E-state index is 14.0. The lowest BCUT2D eigenvalue weighted by molar-refractivity contribution is 0.355. The SMILES string of the molecule is C=CC(n1cc(-c2ccc(OC)c(OC)c2)c2cc(Cl)ccc21)S(=O)(=O)c1cccc2cccnc12. The van der Waals surface area contributed by atoms with Crippen LogP contribution in [0.15, 0.2) is 96.7 Å². The number of para-hydroxylation sites is 1. The van der Waals surface area contributed by atoms with Crippen molar-refractivity contribution in [2.24, 2.45) is 0 Å². The van der Waals surface area contributed by atoms with Gasteiger partial charge >= 0.3 is 0 Å². The maximum atomic E-state index is 14.0. The lowest BCUT2D eigenvalue weighted by atomic mass is 10.0. The molecule has 5 rings (SSSR count). The van der Waals surface area contributed by atoms with Gasteiger partial charge in [0.1, 0.15) is 0 Å². The third-order valence-corrected chi connectivity index (χ3v) is 8.42. The first kappa shape index (κ1) is 23.9. The van der Waals surface area contributed by atoms with Crippen LogP contribution in [0.25, 0.3) is 32.9 Å². The van der Waals surface area contributed by atoms with Crippen LogP contribution in [-0.4, -0.2) is 32.2 Å². The lowest BCUT2D eigenvalue weighted by Gasteiger charge is -2.18. The van der Waals surface area contributed by atoms with E-state index in [1.807, 2.05) is 48.7 Å². The van der Waals surface area contributed by atoms with Crippen molar-refractivity contribution >= 4 is 43.2 Å². The number of sulfone groups is 1. The quantitative estimate of drug-likeness (QED) is 0.225. The summed E-state index contributed by atoms with van der Waals surface area (Å²) in [5, 5.41) is 1.00. The first-order valence-electron chi connectivity index (χ1n) is 11.1.